The van der Waals surface area contributed by atoms with E-state index in [0.717, 1.165) is 32.2 Å². The smallest absolute Gasteiger partial charge is 0.0486 e. The maximum atomic E-state index is 9.01. The van der Waals surface area contributed by atoms with Crippen molar-refractivity contribution < 1.29 is 5.11 Å². The van der Waals surface area contributed by atoms with E-state index in [1.54, 1.807) is 0 Å². The molecule has 0 fully saturated rings. The van der Waals surface area contributed by atoms with Crippen LogP contribution in [0.25, 0.3) is 44.1 Å². The van der Waals surface area contributed by atoms with E-state index in [-0.39, 0.29) is 0 Å². The van der Waals surface area contributed by atoms with Crippen molar-refractivity contribution in [3.05, 3.63) is 73.3 Å². The Hall–Kier alpha value is -3.24. The average molecular weight is 412 g/mol. The Bertz CT molecular complexity index is 1320. The van der Waals surface area contributed by atoms with Crippen LogP contribution in [0.1, 0.15) is 25.7 Å². The molecule has 5 rings (SSSR count). The third-order valence-electron chi connectivity index (χ3n) is 6.32. The summed E-state index contributed by atoms with van der Waals surface area (Å²) < 4.78 is 4.60. The number of para-hydroxylation sites is 2. The monoisotopic (exact) mass is 411 g/mol. The summed E-state index contributed by atoms with van der Waals surface area (Å²) in [6.45, 7) is 1.29. The first-order valence-corrected chi connectivity index (χ1v) is 11.2. The second-order valence-electron chi connectivity index (χ2n) is 8.34. The molecule has 0 saturated carbocycles. The number of rotatable bonds is 8. The predicted molar refractivity (Wildman–Crippen MR) is 129 cm³/mol. The first-order chi connectivity index (χ1) is 15.3. The number of aryl methyl sites for hydroxylation is 2. The van der Waals surface area contributed by atoms with Gasteiger partial charge in [-0.15, -0.1) is 0 Å². The molecule has 0 spiro atoms. The summed E-state index contributed by atoms with van der Waals surface area (Å²) >= 11 is 0. The Kier molecular flexibility index (Phi) is 5.39. The van der Waals surface area contributed by atoms with Crippen molar-refractivity contribution in [2.75, 3.05) is 6.61 Å². The van der Waals surface area contributed by atoms with Crippen LogP contribution >= 0.6 is 0 Å². The molecule has 0 atom stereocenters. The fourth-order valence-electron chi connectivity index (χ4n) is 4.76. The molecule has 4 nitrogen and oxygen atoms in total. The van der Waals surface area contributed by atoms with Gasteiger partial charge in [-0.25, -0.2) is 0 Å². The van der Waals surface area contributed by atoms with Crippen LogP contribution in [0.2, 0.25) is 0 Å². The van der Waals surface area contributed by atoms with Crippen molar-refractivity contribution in [3.8, 4) is 22.3 Å². The number of aliphatic hydroxyl groups is 1. The second kappa shape index (κ2) is 8.48. The zero-order valence-corrected chi connectivity index (χ0v) is 18.0. The molecular weight excluding hydrogens is 382 g/mol. The minimum absolute atomic E-state index is 0.293. The number of hydrogen-bond acceptors (Lipinski definition) is 1. The highest BCUT2D eigenvalue weighted by atomic mass is 16.2. The first kappa shape index (κ1) is 19.7. The molecule has 0 amide bonds. The van der Waals surface area contributed by atoms with Crippen molar-refractivity contribution >= 4 is 21.8 Å². The summed E-state index contributed by atoms with van der Waals surface area (Å²) in [6, 6.07) is 17.3. The van der Waals surface area contributed by atoms with E-state index < -0.39 is 0 Å². The molecule has 31 heavy (non-hydrogen) atoms. The van der Waals surface area contributed by atoms with Gasteiger partial charge in [0.1, 0.15) is 0 Å². The SMILES string of the molecule is Cn1cc(-c2c[nH]cc2-c2cn(CCCCCCO)c3ccccc23)c2ccccc21. The van der Waals surface area contributed by atoms with Gasteiger partial charge in [0.2, 0.25) is 0 Å². The standard InChI is InChI=1S/C27H29N3O/c1-29-18-24(20-10-4-6-12-26(20)29)22-16-28-17-23(22)25-19-30(14-8-2-3-9-15-31)27-13-7-5-11-21(25)27/h4-7,10-13,16-19,28,31H,2-3,8-9,14-15H2,1H3. The number of aromatic nitrogens is 3. The molecule has 0 saturated heterocycles. The van der Waals surface area contributed by atoms with Crippen LogP contribution in [-0.4, -0.2) is 25.8 Å². The van der Waals surface area contributed by atoms with E-state index in [1.807, 2.05) is 0 Å². The Labute approximate surface area is 182 Å². The van der Waals surface area contributed by atoms with Crippen LogP contribution in [0, 0.1) is 0 Å². The average Bonchev–Trinajstić information content (AvgIpc) is 3.50. The molecule has 0 aliphatic rings. The number of aromatic amines is 1. The lowest BCUT2D eigenvalue weighted by Gasteiger charge is -2.05. The van der Waals surface area contributed by atoms with Crippen LogP contribution in [0.5, 0.6) is 0 Å². The molecule has 2 N–H and O–H groups in total. The van der Waals surface area contributed by atoms with Gasteiger partial charge in [-0.3, -0.25) is 0 Å². The summed E-state index contributed by atoms with van der Waals surface area (Å²) in [4.78, 5) is 3.37. The van der Waals surface area contributed by atoms with Gasteiger partial charge in [-0.2, -0.15) is 0 Å². The van der Waals surface area contributed by atoms with Crippen LogP contribution < -0.4 is 0 Å². The van der Waals surface area contributed by atoms with E-state index >= 15 is 0 Å². The van der Waals surface area contributed by atoms with Gasteiger partial charge >= 0.3 is 0 Å². The first-order valence-electron chi connectivity index (χ1n) is 11.2. The van der Waals surface area contributed by atoms with E-state index in [9.17, 15) is 0 Å². The van der Waals surface area contributed by atoms with Crippen molar-refractivity contribution in [1.29, 1.82) is 0 Å². The Morgan fingerprint density at radius 2 is 1.32 bits per heavy atom. The highest BCUT2D eigenvalue weighted by Crippen LogP contribution is 2.40. The number of fused-ring (bicyclic) bond motifs is 2. The number of nitrogens with one attached hydrogen (secondary N) is 1. The van der Waals surface area contributed by atoms with Crippen LogP contribution in [0.4, 0.5) is 0 Å². The van der Waals surface area contributed by atoms with Gasteiger partial charge in [0.05, 0.1) is 0 Å². The molecule has 158 valence electrons. The quantitative estimate of drug-likeness (QED) is 0.287. The van der Waals surface area contributed by atoms with Crippen LogP contribution in [0.15, 0.2) is 73.3 Å². The van der Waals surface area contributed by atoms with Crippen LogP contribution in [0.3, 0.4) is 0 Å². The Morgan fingerprint density at radius 3 is 2.06 bits per heavy atom. The predicted octanol–water partition coefficient (Wildman–Crippen LogP) is 6.35. The van der Waals surface area contributed by atoms with Gasteiger partial charge in [0.25, 0.3) is 0 Å². The molecule has 4 heteroatoms. The minimum Gasteiger partial charge on any atom is -0.396 e. The second-order valence-corrected chi connectivity index (χ2v) is 8.34. The Morgan fingerprint density at radius 1 is 0.710 bits per heavy atom. The molecule has 0 unspecified atom stereocenters. The lowest BCUT2D eigenvalue weighted by molar-refractivity contribution is 0.282. The number of aliphatic hydroxyl groups excluding tert-OH is 1. The molecule has 0 aliphatic carbocycles. The number of benzene rings is 2. The van der Waals surface area contributed by atoms with Crippen molar-refractivity contribution in [3.63, 3.8) is 0 Å². The third-order valence-corrected chi connectivity index (χ3v) is 6.32. The molecule has 3 heterocycles. The fourth-order valence-corrected chi connectivity index (χ4v) is 4.76. The molecular formula is C27H29N3O. The highest BCUT2D eigenvalue weighted by Gasteiger charge is 2.17. The molecule has 0 aliphatic heterocycles. The van der Waals surface area contributed by atoms with Gasteiger partial charge in [-0.1, -0.05) is 49.2 Å². The molecule has 2 aromatic carbocycles. The summed E-state index contributed by atoms with van der Waals surface area (Å²) in [7, 11) is 2.11. The van der Waals surface area contributed by atoms with Gasteiger partial charge in [0.15, 0.2) is 0 Å². The zero-order valence-electron chi connectivity index (χ0n) is 18.0. The normalized spacial score (nSPS) is 11.7. The molecule has 0 radical (unpaired) electrons. The minimum atomic E-state index is 0.293. The lowest BCUT2D eigenvalue weighted by Crippen LogP contribution is -1.96. The number of unbranched alkanes of at least 4 members (excludes halogenated alkanes) is 3. The molecule has 5 aromatic rings. The maximum Gasteiger partial charge on any atom is 0.0486 e. The van der Waals surface area contributed by atoms with Gasteiger partial charge < -0.3 is 19.2 Å². The van der Waals surface area contributed by atoms with Crippen LogP contribution in [-0.2, 0) is 13.6 Å². The van der Waals surface area contributed by atoms with E-state index in [4.69, 9.17) is 5.11 Å². The highest BCUT2D eigenvalue weighted by molar-refractivity contribution is 6.04. The zero-order chi connectivity index (χ0) is 21.2. The fraction of sp³-hybridized carbons (Fsp3) is 0.259. The molecule has 3 aromatic heterocycles. The van der Waals surface area contributed by atoms with E-state index in [1.165, 1.54) is 44.1 Å². The summed E-state index contributed by atoms with van der Waals surface area (Å²) in [6.07, 6.45) is 13.1. The summed E-state index contributed by atoms with van der Waals surface area (Å²) in [5, 5.41) is 11.6. The topological polar surface area (TPSA) is 45.9 Å². The molecule has 0 bridgehead atoms. The van der Waals surface area contributed by atoms with Crippen molar-refractivity contribution in [2.45, 2.75) is 32.2 Å². The number of H-pyrrole nitrogens is 1. The van der Waals surface area contributed by atoms with Gasteiger partial charge in [0, 0.05) is 89.0 Å². The van der Waals surface area contributed by atoms with Gasteiger partial charge in [-0.05, 0) is 25.0 Å². The van der Waals surface area contributed by atoms with Crippen molar-refractivity contribution in [1.82, 2.24) is 14.1 Å². The maximum absolute atomic E-state index is 9.01. The lowest BCUT2D eigenvalue weighted by atomic mass is 9.98. The van der Waals surface area contributed by atoms with Crippen molar-refractivity contribution in [2.24, 2.45) is 7.05 Å². The summed E-state index contributed by atoms with van der Waals surface area (Å²) in [5.74, 6) is 0. The number of hydrogen-bond donors (Lipinski definition) is 2. The number of nitrogens with zero attached hydrogens (tertiary/aromatic N) is 2. The summed E-state index contributed by atoms with van der Waals surface area (Å²) in [5.41, 5.74) is 7.54. The third kappa shape index (κ3) is 3.57. The van der Waals surface area contributed by atoms with E-state index in [2.05, 4.69) is 94.5 Å². The Balaban J connectivity index is 1.56. The largest absolute Gasteiger partial charge is 0.396 e. The van der Waals surface area contributed by atoms with E-state index in [0.29, 0.717) is 6.61 Å².